The van der Waals surface area contributed by atoms with Crippen LogP contribution < -0.4 is 5.32 Å². The van der Waals surface area contributed by atoms with Crippen LogP contribution in [0.3, 0.4) is 0 Å². The molecular formula is C19H18N4OS. The Balaban J connectivity index is 1.42. The average Bonchev–Trinajstić information content (AvgIpc) is 3.20. The van der Waals surface area contributed by atoms with Crippen LogP contribution in [0.5, 0.6) is 5.88 Å². The van der Waals surface area contributed by atoms with E-state index in [4.69, 9.17) is 0 Å². The second-order valence-electron chi connectivity index (χ2n) is 5.91. The number of thiazole rings is 1. The number of dihydropyridines is 1. The van der Waals surface area contributed by atoms with Gasteiger partial charge in [-0.25, -0.2) is 0 Å². The third-order valence-corrected chi connectivity index (χ3v) is 5.14. The van der Waals surface area contributed by atoms with E-state index >= 15 is 0 Å². The van der Waals surface area contributed by atoms with Gasteiger partial charge in [-0.15, -0.1) is 0 Å². The van der Waals surface area contributed by atoms with Gasteiger partial charge in [0, 0.05) is 24.9 Å². The molecule has 25 heavy (non-hydrogen) atoms. The van der Waals surface area contributed by atoms with Gasteiger partial charge < -0.3 is 10.4 Å². The summed E-state index contributed by atoms with van der Waals surface area (Å²) in [7, 11) is 0. The molecule has 2 N–H and O–H groups in total. The molecule has 0 amide bonds. The standard InChI is InChI=1S/C19H18N4OS/c24-18-16(11-14-12-22-17-15(14)7-4-9-20-17)25-19(23-18)21-10-8-13-5-2-1-3-6-13/h1-7,9,11-12,15,17,24H,8,10H2,(H,21,23)/b14-11-. The van der Waals surface area contributed by atoms with E-state index in [0.717, 1.165) is 28.5 Å². The van der Waals surface area contributed by atoms with E-state index in [0.29, 0.717) is 0 Å². The van der Waals surface area contributed by atoms with E-state index in [1.54, 1.807) is 6.21 Å². The molecular weight excluding hydrogens is 332 g/mol. The highest BCUT2D eigenvalue weighted by molar-refractivity contribution is 7.16. The predicted octanol–water partition coefficient (Wildman–Crippen LogP) is 3.55. The quantitative estimate of drug-likeness (QED) is 0.866. The topological polar surface area (TPSA) is 69.9 Å². The lowest BCUT2D eigenvalue weighted by Gasteiger charge is -2.13. The number of hydrogen-bond acceptors (Lipinski definition) is 6. The molecule has 6 heteroatoms. The van der Waals surface area contributed by atoms with E-state index in [2.05, 4.69) is 38.5 Å². The van der Waals surface area contributed by atoms with Crippen molar-refractivity contribution in [2.45, 2.75) is 12.6 Å². The lowest BCUT2D eigenvalue weighted by molar-refractivity contribution is 0.456. The molecule has 0 saturated heterocycles. The van der Waals surface area contributed by atoms with Crippen molar-refractivity contribution in [3.8, 4) is 5.88 Å². The van der Waals surface area contributed by atoms with Gasteiger partial charge >= 0.3 is 0 Å². The predicted molar refractivity (Wildman–Crippen MR) is 104 cm³/mol. The number of aromatic nitrogens is 1. The molecule has 4 rings (SSSR count). The zero-order valence-electron chi connectivity index (χ0n) is 13.5. The molecule has 0 bridgehead atoms. The van der Waals surface area contributed by atoms with Crippen LogP contribution in [0.15, 0.2) is 58.0 Å². The summed E-state index contributed by atoms with van der Waals surface area (Å²) in [4.78, 5) is 13.7. The number of hydrogen-bond donors (Lipinski definition) is 2. The zero-order chi connectivity index (χ0) is 17.1. The van der Waals surface area contributed by atoms with E-state index in [9.17, 15) is 5.11 Å². The molecule has 2 aliphatic rings. The fraction of sp³-hybridized carbons (Fsp3) is 0.211. The first-order valence-corrected chi connectivity index (χ1v) is 9.03. The first kappa shape index (κ1) is 15.8. The summed E-state index contributed by atoms with van der Waals surface area (Å²) in [6.07, 6.45) is 10.4. The molecule has 2 aromatic rings. The number of fused-ring (bicyclic) bond motifs is 1. The molecule has 2 unspecified atom stereocenters. The van der Waals surface area contributed by atoms with Gasteiger partial charge in [-0.2, -0.15) is 4.98 Å². The minimum atomic E-state index is -0.0604. The second kappa shape index (κ2) is 7.03. The summed E-state index contributed by atoms with van der Waals surface area (Å²) in [5.74, 6) is 0.209. The largest absolute Gasteiger partial charge is 0.492 e. The van der Waals surface area contributed by atoms with Crippen LogP contribution in [-0.4, -0.2) is 35.2 Å². The molecule has 0 aliphatic carbocycles. The van der Waals surface area contributed by atoms with Gasteiger partial charge in [0.2, 0.25) is 5.88 Å². The number of nitrogens with zero attached hydrogens (tertiary/aromatic N) is 3. The summed E-state index contributed by atoms with van der Waals surface area (Å²) >= 11 is 1.45. The SMILES string of the molecule is Oc1nc(NCCc2ccccc2)sc1/C=C1/C=NC2N=CC=CC12. The van der Waals surface area contributed by atoms with E-state index in [1.165, 1.54) is 16.9 Å². The van der Waals surface area contributed by atoms with Gasteiger partial charge in [-0.1, -0.05) is 47.7 Å². The van der Waals surface area contributed by atoms with Crippen molar-refractivity contribution in [2.75, 3.05) is 11.9 Å². The van der Waals surface area contributed by atoms with Crippen molar-refractivity contribution in [1.82, 2.24) is 4.98 Å². The molecule has 1 aromatic heterocycles. The van der Waals surface area contributed by atoms with Gasteiger partial charge in [0.1, 0.15) is 6.17 Å². The Labute approximate surface area is 150 Å². The molecule has 0 saturated carbocycles. The molecule has 1 aromatic carbocycles. The highest BCUT2D eigenvalue weighted by atomic mass is 32.1. The minimum Gasteiger partial charge on any atom is -0.492 e. The normalized spacial score (nSPS) is 22.5. The number of aromatic hydroxyl groups is 1. The molecule has 2 aliphatic heterocycles. The Bertz CT molecular complexity index is 867. The first-order valence-electron chi connectivity index (χ1n) is 8.22. The third kappa shape index (κ3) is 3.53. The smallest absolute Gasteiger partial charge is 0.231 e. The van der Waals surface area contributed by atoms with Crippen LogP contribution in [0.2, 0.25) is 0 Å². The van der Waals surface area contributed by atoms with E-state index < -0.39 is 0 Å². The zero-order valence-corrected chi connectivity index (χ0v) is 14.4. The van der Waals surface area contributed by atoms with Crippen molar-refractivity contribution in [1.29, 1.82) is 0 Å². The Kier molecular flexibility index (Phi) is 4.43. The highest BCUT2D eigenvalue weighted by Gasteiger charge is 2.27. The fourth-order valence-corrected chi connectivity index (χ4v) is 3.75. The lowest BCUT2D eigenvalue weighted by atomic mass is 9.97. The van der Waals surface area contributed by atoms with E-state index in [1.807, 2.05) is 36.6 Å². The van der Waals surface area contributed by atoms with Gasteiger partial charge in [0.05, 0.1) is 4.88 Å². The second-order valence-corrected chi connectivity index (χ2v) is 6.94. The lowest BCUT2D eigenvalue weighted by Crippen LogP contribution is -2.13. The molecule has 3 heterocycles. The minimum absolute atomic E-state index is 0.0554. The van der Waals surface area contributed by atoms with Gasteiger partial charge in [0.15, 0.2) is 5.13 Å². The summed E-state index contributed by atoms with van der Waals surface area (Å²) < 4.78 is 0. The number of allylic oxidation sites excluding steroid dienone is 1. The summed E-state index contributed by atoms with van der Waals surface area (Å²) in [6, 6.07) is 10.3. The number of rotatable bonds is 5. The van der Waals surface area contributed by atoms with Crippen molar-refractivity contribution in [3.05, 3.63) is 58.5 Å². The molecule has 126 valence electrons. The van der Waals surface area contributed by atoms with Crippen LogP contribution in [0.25, 0.3) is 6.08 Å². The maximum Gasteiger partial charge on any atom is 0.231 e. The molecule has 2 atom stereocenters. The molecule has 0 spiro atoms. The Morgan fingerprint density at radius 3 is 2.96 bits per heavy atom. The Hall–Kier alpha value is -2.73. The summed E-state index contributed by atoms with van der Waals surface area (Å²) in [5.41, 5.74) is 2.32. The van der Waals surface area contributed by atoms with Gasteiger partial charge in [0.25, 0.3) is 0 Å². The summed E-state index contributed by atoms with van der Waals surface area (Å²) in [6.45, 7) is 0.774. The van der Waals surface area contributed by atoms with Crippen molar-refractivity contribution >= 4 is 35.0 Å². The van der Waals surface area contributed by atoms with Gasteiger partial charge in [-0.3, -0.25) is 9.98 Å². The van der Waals surface area contributed by atoms with Crippen LogP contribution in [0.1, 0.15) is 10.4 Å². The number of aliphatic imine (C=N–C) groups is 2. The number of benzene rings is 1. The van der Waals surface area contributed by atoms with Crippen LogP contribution >= 0.6 is 11.3 Å². The third-order valence-electron chi connectivity index (χ3n) is 4.19. The van der Waals surface area contributed by atoms with Crippen LogP contribution in [0.4, 0.5) is 5.13 Å². The van der Waals surface area contributed by atoms with Crippen molar-refractivity contribution < 1.29 is 5.11 Å². The Morgan fingerprint density at radius 2 is 2.08 bits per heavy atom. The summed E-state index contributed by atoms with van der Waals surface area (Å²) in [5, 5.41) is 14.1. The highest BCUT2D eigenvalue weighted by Crippen LogP contribution is 2.34. The Morgan fingerprint density at radius 1 is 1.20 bits per heavy atom. The van der Waals surface area contributed by atoms with Gasteiger partial charge in [-0.05, 0) is 29.7 Å². The van der Waals surface area contributed by atoms with Crippen LogP contribution in [0, 0.1) is 5.92 Å². The monoisotopic (exact) mass is 350 g/mol. The fourth-order valence-electron chi connectivity index (χ4n) is 2.90. The number of anilines is 1. The maximum absolute atomic E-state index is 10.1. The molecule has 0 fully saturated rings. The first-order chi connectivity index (χ1) is 12.3. The van der Waals surface area contributed by atoms with E-state index in [-0.39, 0.29) is 18.0 Å². The van der Waals surface area contributed by atoms with Crippen LogP contribution in [-0.2, 0) is 6.42 Å². The number of nitrogens with one attached hydrogen (secondary N) is 1. The average molecular weight is 350 g/mol. The van der Waals surface area contributed by atoms with Crippen molar-refractivity contribution in [2.24, 2.45) is 15.9 Å². The maximum atomic E-state index is 10.1. The van der Waals surface area contributed by atoms with Crippen molar-refractivity contribution in [3.63, 3.8) is 0 Å². The molecule has 5 nitrogen and oxygen atoms in total. The molecule has 0 radical (unpaired) electrons.